The van der Waals surface area contributed by atoms with Crippen molar-refractivity contribution in [3.8, 4) is 11.5 Å². The number of aryl methyl sites for hydroxylation is 2. The van der Waals surface area contributed by atoms with Gasteiger partial charge in [-0.2, -0.15) is 0 Å². The molecule has 5 heteroatoms. The number of carbonyl (C=O) groups is 1. The van der Waals surface area contributed by atoms with Crippen molar-refractivity contribution >= 4 is 11.6 Å². The first-order chi connectivity index (χ1) is 11.1. The Morgan fingerprint density at radius 1 is 1.00 bits per heavy atom. The Morgan fingerprint density at radius 2 is 1.61 bits per heavy atom. The number of benzene rings is 2. The number of nitrogens with zero attached hydrogens (tertiary/aromatic N) is 1. The van der Waals surface area contributed by atoms with E-state index >= 15 is 0 Å². The van der Waals surface area contributed by atoms with Gasteiger partial charge in [0.05, 0.1) is 0 Å². The maximum atomic E-state index is 12.0. The molecule has 0 spiro atoms. The van der Waals surface area contributed by atoms with Gasteiger partial charge in [-0.3, -0.25) is 4.79 Å². The maximum absolute atomic E-state index is 12.0. The Morgan fingerprint density at radius 3 is 2.17 bits per heavy atom. The van der Waals surface area contributed by atoms with Crippen LogP contribution < -0.4 is 10.1 Å². The summed E-state index contributed by atoms with van der Waals surface area (Å²) in [5, 5.41) is 6.43. The van der Waals surface area contributed by atoms with Crippen molar-refractivity contribution in [3.63, 3.8) is 0 Å². The standard InChI is InChI=1S/C18H16N2O3/c1-12-3-7-15(8-4-12)22-16-9-5-14(6-10-16)19-18(21)17-11-13(2)23-20-17/h3-11H,1-2H3,(H,19,21). The van der Waals surface area contributed by atoms with Crippen LogP contribution in [0.3, 0.4) is 0 Å². The van der Waals surface area contributed by atoms with Crippen LogP contribution in [0.4, 0.5) is 5.69 Å². The topological polar surface area (TPSA) is 64.4 Å². The van der Waals surface area contributed by atoms with Gasteiger partial charge in [0.15, 0.2) is 5.69 Å². The molecule has 0 aliphatic carbocycles. The fourth-order valence-electron chi connectivity index (χ4n) is 2.02. The van der Waals surface area contributed by atoms with Crippen LogP contribution in [0.15, 0.2) is 59.1 Å². The summed E-state index contributed by atoms with van der Waals surface area (Å²) in [5.41, 5.74) is 2.09. The lowest BCUT2D eigenvalue weighted by Crippen LogP contribution is -2.11. The highest BCUT2D eigenvalue weighted by molar-refractivity contribution is 6.02. The largest absolute Gasteiger partial charge is 0.457 e. The van der Waals surface area contributed by atoms with Crippen LogP contribution in [-0.4, -0.2) is 11.1 Å². The Labute approximate surface area is 133 Å². The molecule has 0 atom stereocenters. The molecule has 1 N–H and O–H groups in total. The molecule has 0 saturated carbocycles. The highest BCUT2D eigenvalue weighted by atomic mass is 16.5. The summed E-state index contributed by atoms with van der Waals surface area (Å²) >= 11 is 0. The first-order valence-electron chi connectivity index (χ1n) is 7.19. The number of hydrogen-bond acceptors (Lipinski definition) is 4. The molecule has 0 aliphatic heterocycles. The molecular formula is C18H16N2O3. The van der Waals surface area contributed by atoms with E-state index < -0.39 is 0 Å². The average Bonchev–Trinajstić information content (AvgIpc) is 2.98. The van der Waals surface area contributed by atoms with Gasteiger partial charge in [-0.05, 0) is 50.2 Å². The molecule has 0 fully saturated rings. The van der Waals surface area contributed by atoms with Crippen LogP contribution in [0.25, 0.3) is 0 Å². The second-order valence-corrected chi connectivity index (χ2v) is 5.22. The molecule has 0 bridgehead atoms. The summed E-state index contributed by atoms with van der Waals surface area (Å²) in [7, 11) is 0. The predicted molar refractivity (Wildman–Crippen MR) is 86.9 cm³/mol. The Kier molecular flexibility index (Phi) is 4.10. The molecule has 1 aromatic heterocycles. The monoisotopic (exact) mass is 308 g/mol. The van der Waals surface area contributed by atoms with Crippen LogP contribution >= 0.6 is 0 Å². The number of carbonyl (C=O) groups excluding carboxylic acids is 1. The molecular weight excluding hydrogens is 292 g/mol. The van der Waals surface area contributed by atoms with E-state index in [0.29, 0.717) is 17.2 Å². The number of amides is 1. The molecule has 3 rings (SSSR count). The number of anilines is 1. The fourth-order valence-corrected chi connectivity index (χ4v) is 2.02. The lowest BCUT2D eigenvalue weighted by Gasteiger charge is -2.07. The predicted octanol–water partition coefficient (Wildman–Crippen LogP) is 4.34. The van der Waals surface area contributed by atoms with Crippen LogP contribution in [0, 0.1) is 13.8 Å². The van der Waals surface area contributed by atoms with E-state index in [9.17, 15) is 4.79 Å². The SMILES string of the molecule is Cc1ccc(Oc2ccc(NC(=O)c3cc(C)on3)cc2)cc1. The Balaban J connectivity index is 1.65. The van der Waals surface area contributed by atoms with Gasteiger partial charge in [-0.15, -0.1) is 0 Å². The third-order valence-corrected chi connectivity index (χ3v) is 3.23. The van der Waals surface area contributed by atoms with E-state index in [0.717, 1.165) is 5.75 Å². The van der Waals surface area contributed by atoms with Crippen molar-refractivity contribution in [3.05, 3.63) is 71.6 Å². The van der Waals surface area contributed by atoms with E-state index in [1.807, 2.05) is 31.2 Å². The van der Waals surface area contributed by atoms with E-state index in [1.165, 1.54) is 5.56 Å². The lowest BCUT2D eigenvalue weighted by molar-refractivity contribution is 0.101. The summed E-state index contributed by atoms with van der Waals surface area (Å²) in [6.07, 6.45) is 0. The van der Waals surface area contributed by atoms with Gasteiger partial charge >= 0.3 is 0 Å². The van der Waals surface area contributed by atoms with Gasteiger partial charge in [-0.25, -0.2) is 0 Å². The van der Waals surface area contributed by atoms with Gasteiger partial charge in [0.2, 0.25) is 0 Å². The van der Waals surface area contributed by atoms with Gasteiger partial charge in [-0.1, -0.05) is 22.9 Å². The number of hydrogen-bond donors (Lipinski definition) is 1. The highest BCUT2D eigenvalue weighted by Gasteiger charge is 2.11. The number of ether oxygens (including phenoxy) is 1. The Bertz CT molecular complexity index is 805. The molecule has 3 aromatic rings. The maximum Gasteiger partial charge on any atom is 0.277 e. The van der Waals surface area contributed by atoms with Gasteiger partial charge < -0.3 is 14.6 Å². The van der Waals surface area contributed by atoms with Crippen LogP contribution in [0.1, 0.15) is 21.8 Å². The quantitative estimate of drug-likeness (QED) is 0.779. The second kappa shape index (κ2) is 6.36. The van der Waals surface area contributed by atoms with Crippen molar-refractivity contribution in [2.75, 3.05) is 5.32 Å². The smallest absolute Gasteiger partial charge is 0.277 e. The van der Waals surface area contributed by atoms with Crippen LogP contribution in [-0.2, 0) is 0 Å². The second-order valence-electron chi connectivity index (χ2n) is 5.22. The lowest BCUT2D eigenvalue weighted by atomic mass is 10.2. The van der Waals surface area contributed by atoms with Crippen molar-refractivity contribution in [1.82, 2.24) is 5.16 Å². The normalized spacial score (nSPS) is 10.3. The van der Waals surface area contributed by atoms with Gasteiger partial charge in [0.1, 0.15) is 17.3 Å². The summed E-state index contributed by atoms with van der Waals surface area (Å²) < 4.78 is 10.6. The van der Waals surface area contributed by atoms with Crippen LogP contribution in [0.5, 0.6) is 11.5 Å². The molecule has 5 nitrogen and oxygen atoms in total. The number of rotatable bonds is 4. The first-order valence-corrected chi connectivity index (χ1v) is 7.19. The summed E-state index contributed by atoms with van der Waals surface area (Å²) in [6, 6.07) is 16.5. The number of aromatic nitrogens is 1. The zero-order valence-corrected chi connectivity index (χ0v) is 12.9. The summed E-state index contributed by atoms with van der Waals surface area (Å²) in [5.74, 6) is 1.75. The fraction of sp³-hybridized carbons (Fsp3) is 0.111. The minimum Gasteiger partial charge on any atom is -0.457 e. The average molecular weight is 308 g/mol. The third-order valence-electron chi connectivity index (χ3n) is 3.23. The summed E-state index contributed by atoms with van der Waals surface area (Å²) in [6.45, 7) is 3.76. The van der Waals surface area contributed by atoms with Crippen molar-refractivity contribution in [1.29, 1.82) is 0 Å². The van der Waals surface area contributed by atoms with Crippen molar-refractivity contribution in [2.45, 2.75) is 13.8 Å². The van der Waals surface area contributed by atoms with E-state index in [4.69, 9.17) is 9.26 Å². The van der Waals surface area contributed by atoms with Crippen LogP contribution in [0.2, 0.25) is 0 Å². The molecule has 116 valence electrons. The van der Waals surface area contributed by atoms with E-state index in [1.54, 1.807) is 37.3 Å². The Hall–Kier alpha value is -3.08. The zero-order valence-electron chi connectivity index (χ0n) is 12.9. The molecule has 2 aromatic carbocycles. The van der Waals surface area contributed by atoms with E-state index in [2.05, 4.69) is 10.5 Å². The molecule has 1 amide bonds. The molecule has 1 heterocycles. The molecule has 0 aliphatic rings. The molecule has 0 saturated heterocycles. The minimum atomic E-state index is -0.311. The minimum absolute atomic E-state index is 0.252. The summed E-state index contributed by atoms with van der Waals surface area (Å²) in [4.78, 5) is 12.0. The molecule has 23 heavy (non-hydrogen) atoms. The van der Waals surface area contributed by atoms with Gasteiger partial charge in [0.25, 0.3) is 5.91 Å². The van der Waals surface area contributed by atoms with E-state index in [-0.39, 0.29) is 11.6 Å². The zero-order chi connectivity index (χ0) is 16.2. The number of nitrogens with one attached hydrogen (secondary N) is 1. The third kappa shape index (κ3) is 3.77. The first kappa shape index (κ1) is 14.8. The van der Waals surface area contributed by atoms with Gasteiger partial charge in [0, 0.05) is 11.8 Å². The highest BCUT2D eigenvalue weighted by Crippen LogP contribution is 2.23. The van der Waals surface area contributed by atoms with Crippen molar-refractivity contribution < 1.29 is 14.1 Å². The van der Waals surface area contributed by atoms with Crippen molar-refractivity contribution in [2.24, 2.45) is 0 Å². The molecule has 0 unspecified atom stereocenters. The molecule has 0 radical (unpaired) electrons.